The van der Waals surface area contributed by atoms with Gasteiger partial charge in [0, 0.05) is 16.0 Å². The summed E-state index contributed by atoms with van der Waals surface area (Å²) in [4.78, 5) is 52.5. The highest BCUT2D eigenvalue weighted by Gasteiger charge is 2.43. The average molecular weight is 481 g/mol. The Morgan fingerprint density at radius 1 is 0.765 bits per heavy atom. The van der Waals surface area contributed by atoms with Gasteiger partial charge in [-0.25, -0.2) is 14.5 Å². The summed E-state index contributed by atoms with van der Waals surface area (Å²) in [5.41, 5.74) is 0.624. The number of thiol groups is 1. The van der Waals surface area contributed by atoms with Gasteiger partial charge < -0.3 is 18.9 Å². The zero-order valence-corrected chi connectivity index (χ0v) is 19.1. The summed E-state index contributed by atoms with van der Waals surface area (Å²) in [6, 6.07) is 12.7. The van der Waals surface area contributed by atoms with Gasteiger partial charge in [0.05, 0.1) is 24.3 Å². The Morgan fingerprint density at radius 2 is 1.26 bits per heavy atom. The van der Waals surface area contributed by atoms with Crippen LogP contribution in [0.4, 0.5) is 15.3 Å². The van der Waals surface area contributed by atoms with Crippen LogP contribution in [0.25, 0.3) is 11.1 Å². The minimum absolute atomic E-state index is 0.0254. The standard InChI is InChI=1S/C24H19NO8S/c1-3-30-23(28)32-19-14-11-7-8-13(34)12-17(14)20(33-24(29)31-4-2)18(19)25-21(26)15-9-5-6-10-16(15)22(25)27/h5-12,34H,3-4H2,1-2H3. The number of benzene rings is 1. The highest BCUT2D eigenvalue weighted by molar-refractivity contribution is 7.80. The average Bonchev–Trinajstić information content (AvgIpc) is 3.09. The molecule has 0 fully saturated rings. The minimum atomic E-state index is -1.07. The van der Waals surface area contributed by atoms with Crippen molar-refractivity contribution in [1.29, 1.82) is 0 Å². The predicted octanol–water partition coefficient (Wildman–Crippen LogP) is 4.95. The van der Waals surface area contributed by atoms with Gasteiger partial charge in [-0.2, -0.15) is 0 Å². The summed E-state index contributed by atoms with van der Waals surface area (Å²) in [5, 5.41) is 0. The number of ether oxygens (including phenoxy) is 4. The van der Waals surface area contributed by atoms with E-state index in [9.17, 15) is 19.2 Å². The third kappa shape index (κ3) is 4.03. The van der Waals surface area contributed by atoms with Gasteiger partial charge in [0.15, 0.2) is 11.5 Å². The number of amides is 2. The third-order valence-electron chi connectivity index (χ3n) is 4.94. The molecule has 4 rings (SSSR count). The lowest BCUT2D eigenvalue weighted by molar-refractivity contribution is 0.0906. The monoisotopic (exact) mass is 481 g/mol. The minimum Gasteiger partial charge on any atom is -0.434 e. The molecule has 0 saturated carbocycles. The maximum Gasteiger partial charge on any atom is 0.513 e. The second kappa shape index (κ2) is 9.44. The molecule has 0 radical (unpaired) electrons. The maximum atomic E-state index is 13.3. The molecule has 1 heterocycles. The van der Waals surface area contributed by atoms with Crippen LogP contribution in [0.3, 0.4) is 0 Å². The Bertz CT molecular complexity index is 1250. The van der Waals surface area contributed by atoms with E-state index in [1.807, 2.05) is 0 Å². The van der Waals surface area contributed by atoms with Crippen molar-refractivity contribution in [3.05, 3.63) is 59.7 Å². The summed E-state index contributed by atoms with van der Waals surface area (Å²) >= 11 is 4.37. The quantitative estimate of drug-likeness (QED) is 0.310. The summed E-state index contributed by atoms with van der Waals surface area (Å²) < 4.78 is 20.7. The highest BCUT2D eigenvalue weighted by atomic mass is 32.1. The molecule has 0 unspecified atom stereocenters. The molecule has 0 atom stereocenters. The lowest BCUT2D eigenvalue weighted by atomic mass is 10.1. The van der Waals surface area contributed by atoms with Crippen LogP contribution in [-0.2, 0) is 9.47 Å². The largest absolute Gasteiger partial charge is 0.513 e. The molecule has 0 spiro atoms. The van der Waals surface area contributed by atoms with Crippen molar-refractivity contribution in [2.45, 2.75) is 18.7 Å². The molecular weight excluding hydrogens is 462 g/mol. The van der Waals surface area contributed by atoms with Gasteiger partial charge in [0.1, 0.15) is 5.69 Å². The molecule has 1 aliphatic heterocycles. The van der Waals surface area contributed by atoms with Crippen molar-refractivity contribution >= 4 is 42.4 Å². The molecule has 0 bridgehead atoms. The fourth-order valence-corrected chi connectivity index (χ4v) is 3.83. The Labute approximate surface area is 199 Å². The van der Waals surface area contributed by atoms with Gasteiger partial charge in [-0.1, -0.05) is 24.3 Å². The molecule has 174 valence electrons. The smallest absolute Gasteiger partial charge is 0.434 e. The van der Waals surface area contributed by atoms with E-state index in [2.05, 4.69) is 12.6 Å². The van der Waals surface area contributed by atoms with Gasteiger partial charge in [0.25, 0.3) is 11.8 Å². The van der Waals surface area contributed by atoms with Crippen LogP contribution in [0.5, 0.6) is 11.5 Å². The number of hydrogen-bond acceptors (Lipinski definition) is 9. The molecule has 0 N–H and O–H groups in total. The van der Waals surface area contributed by atoms with Crippen LogP contribution in [0, 0.1) is 0 Å². The molecule has 0 aromatic heterocycles. The molecule has 1 aromatic carbocycles. The van der Waals surface area contributed by atoms with Crippen LogP contribution >= 0.6 is 12.6 Å². The zero-order chi connectivity index (χ0) is 24.4. The van der Waals surface area contributed by atoms with Crippen LogP contribution < -0.4 is 14.4 Å². The number of carbonyl (C=O) groups is 4. The summed E-state index contributed by atoms with van der Waals surface area (Å²) in [5.74, 6) is -1.73. The molecule has 9 nitrogen and oxygen atoms in total. The second-order valence-corrected chi connectivity index (χ2v) is 7.51. The van der Waals surface area contributed by atoms with Crippen LogP contribution in [0.1, 0.15) is 34.6 Å². The first-order valence-electron chi connectivity index (χ1n) is 10.3. The topological polar surface area (TPSA) is 108 Å². The van der Waals surface area contributed by atoms with Gasteiger partial charge in [-0.3, -0.25) is 9.59 Å². The van der Waals surface area contributed by atoms with Crippen LogP contribution in [0.2, 0.25) is 0 Å². The number of rotatable bonds is 5. The summed E-state index contributed by atoms with van der Waals surface area (Å²) in [6.45, 7) is 3.24. The SMILES string of the molecule is CCOC(=O)Oc1c2cccc(S)cc-2c(OC(=O)OCC)c1N1C(=O)c2ccccc2C1=O. The number of fused-ring (bicyclic) bond motifs is 2. The number of hydrogen-bond donors (Lipinski definition) is 1. The van der Waals surface area contributed by atoms with Gasteiger partial charge in [-0.15, -0.1) is 12.6 Å². The van der Waals surface area contributed by atoms with Crippen molar-refractivity contribution in [2.24, 2.45) is 0 Å². The van der Waals surface area contributed by atoms with E-state index in [0.717, 1.165) is 4.90 Å². The Hall–Kier alpha value is -4.05. The van der Waals surface area contributed by atoms with Crippen molar-refractivity contribution in [3.8, 4) is 22.6 Å². The Morgan fingerprint density at radius 3 is 1.79 bits per heavy atom. The fraction of sp³-hybridized carbons (Fsp3) is 0.167. The molecule has 2 amide bonds. The van der Waals surface area contributed by atoms with Gasteiger partial charge in [0.2, 0.25) is 0 Å². The van der Waals surface area contributed by atoms with Crippen molar-refractivity contribution in [2.75, 3.05) is 18.1 Å². The molecule has 34 heavy (non-hydrogen) atoms. The van der Waals surface area contributed by atoms with Crippen LogP contribution in [0.15, 0.2) is 53.4 Å². The van der Waals surface area contributed by atoms with E-state index >= 15 is 0 Å². The van der Waals surface area contributed by atoms with E-state index in [-0.39, 0.29) is 52.7 Å². The highest BCUT2D eigenvalue weighted by Crippen LogP contribution is 2.55. The van der Waals surface area contributed by atoms with Gasteiger partial charge in [-0.05, 0) is 38.1 Å². The molecule has 0 saturated heterocycles. The van der Waals surface area contributed by atoms with Crippen molar-refractivity contribution in [3.63, 3.8) is 0 Å². The fourth-order valence-electron chi connectivity index (χ4n) is 3.61. The van der Waals surface area contributed by atoms with Crippen molar-refractivity contribution < 1.29 is 38.1 Å². The van der Waals surface area contributed by atoms with E-state index in [1.165, 1.54) is 12.1 Å². The number of imide groups is 1. The second-order valence-electron chi connectivity index (χ2n) is 6.99. The first kappa shape index (κ1) is 23.1. The Kier molecular flexibility index (Phi) is 6.42. The van der Waals surface area contributed by atoms with E-state index in [1.54, 1.807) is 50.2 Å². The molecule has 10 heteroatoms. The predicted molar refractivity (Wildman–Crippen MR) is 123 cm³/mol. The maximum absolute atomic E-state index is 13.3. The van der Waals surface area contributed by atoms with Crippen LogP contribution in [-0.4, -0.2) is 37.3 Å². The summed E-state index contributed by atoms with van der Waals surface area (Å²) in [7, 11) is 0. The van der Waals surface area contributed by atoms with E-state index in [0.29, 0.717) is 4.90 Å². The molecule has 3 aliphatic rings. The molecule has 1 aromatic rings. The Balaban J connectivity index is 2.00. The zero-order valence-electron chi connectivity index (χ0n) is 18.2. The normalized spacial score (nSPS) is 12.5. The lowest BCUT2D eigenvalue weighted by Crippen LogP contribution is -2.30. The molecular formula is C24H19NO8S. The molecule has 2 aliphatic carbocycles. The summed E-state index contributed by atoms with van der Waals surface area (Å²) in [6.07, 6.45) is -2.13. The number of carbonyl (C=O) groups excluding carboxylic acids is 4. The first-order valence-corrected chi connectivity index (χ1v) is 10.8. The van der Waals surface area contributed by atoms with Gasteiger partial charge >= 0.3 is 12.3 Å². The number of anilines is 1. The van der Waals surface area contributed by atoms with Crippen molar-refractivity contribution in [1.82, 2.24) is 0 Å². The number of nitrogens with zero attached hydrogens (tertiary/aromatic N) is 1. The van der Waals surface area contributed by atoms with E-state index in [4.69, 9.17) is 18.9 Å². The lowest BCUT2D eigenvalue weighted by Gasteiger charge is -2.17. The van der Waals surface area contributed by atoms with E-state index < -0.39 is 24.1 Å². The first-order chi connectivity index (χ1) is 16.4. The third-order valence-corrected chi connectivity index (χ3v) is 5.22.